The van der Waals surface area contributed by atoms with Crippen LogP contribution in [0.1, 0.15) is 41.9 Å². The number of fused-ring (bicyclic) bond motifs is 1. The van der Waals surface area contributed by atoms with Crippen LogP contribution in [-0.2, 0) is 12.8 Å². The summed E-state index contributed by atoms with van der Waals surface area (Å²) in [6, 6.07) is 4.35. The van der Waals surface area contributed by atoms with Gasteiger partial charge in [0.1, 0.15) is 5.75 Å². The summed E-state index contributed by atoms with van der Waals surface area (Å²) in [5.41, 5.74) is 3.83. The molecule has 0 heterocycles. The van der Waals surface area contributed by atoms with Crippen LogP contribution in [0.3, 0.4) is 0 Å². The molecule has 1 saturated carbocycles. The largest absolute Gasteiger partial charge is 0.507 e. The molecule has 2 aliphatic carbocycles. The van der Waals surface area contributed by atoms with E-state index in [0.717, 1.165) is 12.8 Å². The first-order valence-electron chi connectivity index (χ1n) is 5.20. The quantitative estimate of drug-likeness (QED) is 0.694. The standard InChI is InChI=1S/C12H14O/c13-12-10-3-1-2-8(10)6-7-11(12)9-4-5-9/h6-7,9,13H,1-5H2. The lowest BCUT2D eigenvalue weighted by molar-refractivity contribution is 0.462. The van der Waals surface area contributed by atoms with Crippen molar-refractivity contribution in [2.45, 2.75) is 38.0 Å². The average Bonchev–Trinajstić information content (AvgIpc) is 2.83. The van der Waals surface area contributed by atoms with E-state index in [-0.39, 0.29) is 0 Å². The second-order valence-electron chi connectivity index (χ2n) is 4.27. The van der Waals surface area contributed by atoms with E-state index in [1.165, 1.54) is 36.0 Å². The van der Waals surface area contributed by atoms with Crippen molar-refractivity contribution in [3.63, 3.8) is 0 Å². The van der Waals surface area contributed by atoms with Crippen LogP contribution in [0.5, 0.6) is 5.75 Å². The first-order chi connectivity index (χ1) is 6.36. The fourth-order valence-corrected chi connectivity index (χ4v) is 2.39. The van der Waals surface area contributed by atoms with Crippen molar-refractivity contribution < 1.29 is 5.11 Å². The molecule has 3 rings (SSSR count). The normalized spacial score (nSPS) is 20.3. The van der Waals surface area contributed by atoms with Crippen molar-refractivity contribution in [3.05, 3.63) is 28.8 Å². The minimum Gasteiger partial charge on any atom is -0.507 e. The van der Waals surface area contributed by atoms with Gasteiger partial charge in [-0.25, -0.2) is 0 Å². The monoisotopic (exact) mass is 174 g/mol. The summed E-state index contributed by atoms with van der Waals surface area (Å²) in [7, 11) is 0. The zero-order valence-corrected chi connectivity index (χ0v) is 7.71. The zero-order valence-electron chi connectivity index (χ0n) is 7.71. The molecule has 1 nitrogen and oxygen atoms in total. The van der Waals surface area contributed by atoms with Gasteiger partial charge in [0.05, 0.1) is 0 Å². The van der Waals surface area contributed by atoms with E-state index in [1.54, 1.807) is 0 Å². The summed E-state index contributed by atoms with van der Waals surface area (Å²) < 4.78 is 0. The lowest BCUT2D eigenvalue weighted by Crippen LogP contribution is -1.88. The lowest BCUT2D eigenvalue weighted by Gasteiger charge is -2.07. The molecule has 0 unspecified atom stereocenters. The fraction of sp³-hybridized carbons (Fsp3) is 0.500. The number of hydrogen-bond donors (Lipinski definition) is 1. The van der Waals surface area contributed by atoms with Crippen molar-refractivity contribution in [1.29, 1.82) is 0 Å². The number of phenols is 1. The molecule has 1 aromatic carbocycles. The molecule has 0 atom stereocenters. The smallest absolute Gasteiger partial charge is 0.122 e. The van der Waals surface area contributed by atoms with Crippen molar-refractivity contribution in [1.82, 2.24) is 0 Å². The molecule has 0 aromatic heterocycles. The minimum atomic E-state index is 0.623. The molecule has 0 amide bonds. The highest BCUT2D eigenvalue weighted by molar-refractivity contribution is 5.50. The molecule has 13 heavy (non-hydrogen) atoms. The zero-order chi connectivity index (χ0) is 8.84. The highest BCUT2D eigenvalue weighted by atomic mass is 16.3. The van der Waals surface area contributed by atoms with Crippen LogP contribution in [0.4, 0.5) is 0 Å². The molecule has 68 valence electrons. The molecule has 1 aromatic rings. The highest BCUT2D eigenvalue weighted by Gasteiger charge is 2.28. The van der Waals surface area contributed by atoms with Gasteiger partial charge in [-0.2, -0.15) is 0 Å². The summed E-state index contributed by atoms with van der Waals surface area (Å²) in [5.74, 6) is 1.29. The molecule has 0 aliphatic heterocycles. The van der Waals surface area contributed by atoms with Gasteiger partial charge in [-0.1, -0.05) is 12.1 Å². The first-order valence-corrected chi connectivity index (χ1v) is 5.20. The molecular weight excluding hydrogens is 160 g/mol. The summed E-state index contributed by atoms with van der Waals surface area (Å²) in [6.45, 7) is 0. The maximum absolute atomic E-state index is 10.0. The van der Waals surface area contributed by atoms with Crippen molar-refractivity contribution >= 4 is 0 Å². The van der Waals surface area contributed by atoms with E-state index in [9.17, 15) is 5.11 Å². The summed E-state index contributed by atoms with van der Waals surface area (Å²) >= 11 is 0. The van der Waals surface area contributed by atoms with Crippen LogP contribution in [0.25, 0.3) is 0 Å². The topological polar surface area (TPSA) is 20.2 Å². The Kier molecular flexibility index (Phi) is 1.43. The number of aromatic hydroxyl groups is 1. The van der Waals surface area contributed by atoms with Crippen LogP contribution in [0, 0.1) is 0 Å². The molecule has 0 radical (unpaired) electrons. The van der Waals surface area contributed by atoms with Crippen LogP contribution >= 0.6 is 0 Å². The van der Waals surface area contributed by atoms with E-state index in [1.807, 2.05) is 0 Å². The Hall–Kier alpha value is -0.980. The van der Waals surface area contributed by atoms with Gasteiger partial charge in [0.25, 0.3) is 0 Å². The van der Waals surface area contributed by atoms with E-state index < -0.39 is 0 Å². The van der Waals surface area contributed by atoms with Gasteiger partial charge in [-0.15, -0.1) is 0 Å². The minimum absolute atomic E-state index is 0.623. The van der Waals surface area contributed by atoms with E-state index in [2.05, 4.69) is 12.1 Å². The molecule has 0 bridgehead atoms. The van der Waals surface area contributed by atoms with Crippen LogP contribution < -0.4 is 0 Å². The maximum atomic E-state index is 10.0. The van der Waals surface area contributed by atoms with Crippen molar-refractivity contribution in [2.24, 2.45) is 0 Å². The third-order valence-electron chi connectivity index (χ3n) is 3.30. The highest BCUT2D eigenvalue weighted by Crippen LogP contribution is 2.46. The molecule has 0 spiro atoms. The van der Waals surface area contributed by atoms with Gasteiger partial charge in [0.2, 0.25) is 0 Å². The Morgan fingerprint density at radius 2 is 2.00 bits per heavy atom. The Bertz CT molecular complexity index is 350. The Morgan fingerprint density at radius 3 is 2.77 bits per heavy atom. The molecule has 2 aliphatic rings. The predicted octanol–water partition coefficient (Wildman–Crippen LogP) is 2.76. The summed E-state index contributed by atoms with van der Waals surface area (Å²) in [4.78, 5) is 0. The average molecular weight is 174 g/mol. The lowest BCUT2D eigenvalue weighted by atomic mass is 10.0. The molecule has 1 N–H and O–H groups in total. The fourth-order valence-electron chi connectivity index (χ4n) is 2.39. The Labute approximate surface area is 78.4 Å². The van der Waals surface area contributed by atoms with E-state index in [4.69, 9.17) is 0 Å². The Balaban J connectivity index is 2.13. The number of hydrogen-bond acceptors (Lipinski definition) is 1. The van der Waals surface area contributed by atoms with Gasteiger partial charge < -0.3 is 5.11 Å². The van der Waals surface area contributed by atoms with Crippen molar-refractivity contribution in [3.8, 4) is 5.75 Å². The van der Waals surface area contributed by atoms with Gasteiger partial charge >= 0.3 is 0 Å². The third kappa shape index (κ3) is 1.06. The van der Waals surface area contributed by atoms with Gasteiger partial charge in [-0.3, -0.25) is 0 Å². The summed E-state index contributed by atoms with van der Waals surface area (Å²) in [5, 5.41) is 10.0. The van der Waals surface area contributed by atoms with Crippen LogP contribution in [0.2, 0.25) is 0 Å². The third-order valence-corrected chi connectivity index (χ3v) is 3.30. The van der Waals surface area contributed by atoms with Crippen LogP contribution in [0.15, 0.2) is 12.1 Å². The van der Waals surface area contributed by atoms with E-state index in [0.29, 0.717) is 11.7 Å². The molecular formula is C12H14O. The van der Waals surface area contributed by atoms with Gasteiger partial charge in [0, 0.05) is 0 Å². The number of benzene rings is 1. The van der Waals surface area contributed by atoms with E-state index >= 15 is 0 Å². The van der Waals surface area contributed by atoms with Crippen LogP contribution in [-0.4, -0.2) is 5.11 Å². The van der Waals surface area contributed by atoms with Gasteiger partial charge in [-0.05, 0) is 54.7 Å². The Morgan fingerprint density at radius 1 is 1.15 bits per heavy atom. The number of phenolic OH excluding ortho intramolecular Hbond substituents is 1. The molecule has 1 fully saturated rings. The summed E-state index contributed by atoms with van der Waals surface area (Å²) in [6.07, 6.45) is 6.01. The van der Waals surface area contributed by atoms with Gasteiger partial charge in [0.15, 0.2) is 0 Å². The second kappa shape index (κ2) is 2.50. The first kappa shape index (κ1) is 7.43. The SMILES string of the molecule is Oc1c(C2CC2)ccc2c1CCC2. The second-order valence-corrected chi connectivity index (χ2v) is 4.27. The number of rotatable bonds is 1. The number of aryl methyl sites for hydroxylation is 1. The van der Waals surface area contributed by atoms with Crippen molar-refractivity contribution in [2.75, 3.05) is 0 Å². The molecule has 1 heteroatoms. The predicted molar refractivity (Wildman–Crippen MR) is 52.1 cm³/mol. The molecule has 0 saturated heterocycles. The maximum Gasteiger partial charge on any atom is 0.122 e.